The predicted octanol–water partition coefficient (Wildman–Crippen LogP) is 5.09. The lowest BCUT2D eigenvalue weighted by atomic mass is 10.0. The molecule has 37 heavy (non-hydrogen) atoms. The van der Waals surface area contributed by atoms with Crippen LogP contribution in [0.4, 0.5) is 0 Å². The van der Waals surface area contributed by atoms with Crippen molar-refractivity contribution in [1.82, 2.24) is 4.90 Å². The highest BCUT2D eigenvalue weighted by molar-refractivity contribution is 5.96. The van der Waals surface area contributed by atoms with Gasteiger partial charge in [0.1, 0.15) is 23.4 Å². The number of likely N-dealkylation sites (tertiary alicyclic amines) is 1. The van der Waals surface area contributed by atoms with E-state index in [0.29, 0.717) is 41.3 Å². The topological polar surface area (TPSA) is 74.3 Å². The molecule has 0 radical (unpaired) electrons. The molecule has 0 saturated carbocycles. The van der Waals surface area contributed by atoms with Crippen molar-refractivity contribution < 1.29 is 28.5 Å². The summed E-state index contributed by atoms with van der Waals surface area (Å²) in [4.78, 5) is 27.6. The summed E-state index contributed by atoms with van der Waals surface area (Å²) in [7, 11) is 4.52. The first kappa shape index (κ1) is 26.1. The molecule has 7 heteroatoms. The highest BCUT2D eigenvalue weighted by Crippen LogP contribution is 2.33. The van der Waals surface area contributed by atoms with Crippen LogP contribution in [0, 0.1) is 6.92 Å². The standard InChI is InChI=1S/C30H33NO6/c1-20-27(34-2)16-23(17-28(20)35-3)29(32)31-19-26(18-24(31)14-13-21-9-6-5-7-10-21)37-25-12-8-11-22(15-25)30(33)36-4/h5-12,15-17,24,26H,13-14,18-19H2,1-4H3/t24?,26-/m1/s1. The number of benzene rings is 3. The molecule has 1 saturated heterocycles. The molecule has 4 rings (SSSR count). The number of nitrogens with zero attached hydrogens (tertiary/aromatic N) is 1. The molecule has 1 heterocycles. The number of hydrogen-bond donors (Lipinski definition) is 0. The van der Waals surface area contributed by atoms with Crippen molar-refractivity contribution in [1.29, 1.82) is 0 Å². The van der Waals surface area contributed by atoms with Crippen LogP contribution in [0.2, 0.25) is 0 Å². The predicted molar refractivity (Wildman–Crippen MR) is 141 cm³/mol. The summed E-state index contributed by atoms with van der Waals surface area (Å²) < 4.78 is 22.1. The van der Waals surface area contributed by atoms with Gasteiger partial charge in [0.15, 0.2) is 0 Å². The van der Waals surface area contributed by atoms with E-state index < -0.39 is 5.97 Å². The van der Waals surface area contributed by atoms with Gasteiger partial charge < -0.3 is 23.8 Å². The van der Waals surface area contributed by atoms with Gasteiger partial charge in [-0.15, -0.1) is 0 Å². The van der Waals surface area contributed by atoms with Crippen LogP contribution in [0.15, 0.2) is 66.7 Å². The summed E-state index contributed by atoms with van der Waals surface area (Å²) in [5.41, 5.74) is 3.00. The number of amides is 1. The summed E-state index contributed by atoms with van der Waals surface area (Å²) in [6, 6.07) is 20.7. The van der Waals surface area contributed by atoms with Crippen molar-refractivity contribution in [3.63, 3.8) is 0 Å². The monoisotopic (exact) mass is 503 g/mol. The van der Waals surface area contributed by atoms with E-state index in [2.05, 4.69) is 12.1 Å². The summed E-state index contributed by atoms with van der Waals surface area (Å²) in [5, 5.41) is 0. The zero-order chi connectivity index (χ0) is 26.4. The number of carbonyl (C=O) groups excluding carboxylic acids is 2. The van der Waals surface area contributed by atoms with Crippen molar-refractivity contribution in [3.05, 3.63) is 89.0 Å². The van der Waals surface area contributed by atoms with E-state index >= 15 is 0 Å². The average molecular weight is 504 g/mol. The fourth-order valence-electron chi connectivity index (χ4n) is 4.84. The van der Waals surface area contributed by atoms with Crippen molar-refractivity contribution in [3.8, 4) is 17.2 Å². The zero-order valence-electron chi connectivity index (χ0n) is 21.7. The maximum absolute atomic E-state index is 13.8. The van der Waals surface area contributed by atoms with Gasteiger partial charge in [0.05, 0.1) is 33.4 Å². The van der Waals surface area contributed by atoms with Gasteiger partial charge in [0.25, 0.3) is 5.91 Å². The minimum Gasteiger partial charge on any atom is -0.496 e. The van der Waals surface area contributed by atoms with Crippen molar-refractivity contribution >= 4 is 11.9 Å². The maximum Gasteiger partial charge on any atom is 0.337 e. The van der Waals surface area contributed by atoms with Crippen LogP contribution in [0.5, 0.6) is 17.2 Å². The third-order valence-electron chi connectivity index (χ3n) is 6.80. The SMILES string of the molecule is COC(=O)c1cccc(O[C@@H]2CC(CCc3ccccc3)N(C(=O)c3cc(OC)c(C)c(OC)c3)C2)c1. The minimum atomic E-state index is -0.420. The van der Waals surface area contributed by atoms with E-state index in [1.54, 1.807) is 44.6 Å². The molecule has 0 N–H and O–H groups in total. The normalized spacial score (nSPS) is 16.8. The van der Waals surface area contributed by atoms with Crippen LogP contribution in [0.3, 0.4) is 0 Å². The Kier molecular flexibility index (Phi) is 8.33. The molecule has 3 aromatic rings. The Hall–Kier alpha value is -4.00. The molecule has 1 fully saturated rings. The molecule has 1 amide bonds. The molecule has 0 aromatic heterocycles. The Labute approximate surface area is 217 Å². The number of carbonyl (C=O) groups is 2. The summed E-state index contributed by atoms with van der Waals surface area (Å²) in [5.74, 6) is 1.27. The lowest BCUT2D eigenvalue weighted by Gasteiger charge is -2.25. The smallest absolute Gasteiger partial charge is 0.337 e. The second kappa shape index (κ2) is 11.8. The third kappa shape index (κ3) is 6.05. The Morgan fingerprint density at radius 1 is 0.892 bits per heavy atom. The Morgan fingerprint density at radius 3 is 2.24 bits per heavy atom. The van der Waals surface area contributed by atoms with Crippen LogP contribution in [-0.2, 0) is 11.2 Å². The lowest BCUT2D eigenvalue weighted by Crippen LogP contribution is -2.36. The third-order valence-corrected chi connectivity index (χ3v) is 6.80. The molecule has 0 aliphatic carbocycles. The van der Waals surface area contributed by atoms with Crippen molar-refractivity contribution in [2.75, 3.05) is 27.9 Å². The van der Waals surface area contributed by atoms with Crippen LogP contribution in [0.25, 0.3) is 0 Å². The largest absolute Gasteiger partial charge is 0.496 e. The Morgan fingerprint density at radius 2 is 1.59 bits per heavy atom. The minimum absolute atomic E-state index is 0.0141. The van der Waals surface area contributed by atoms with E-state index in [9.17, 15) is 9.59 Å². The van der Waals surface area contributed by atoms with Gasteiger partial charge in [0.2, 0.25) is 0 Å². The summed E-state index contributed by atoms with van der Waals surface area (Å²) in [6.07, 6.45) is 2.12. The second-order valence-corrected chi connectivity index (χ2v) is 9.14. The van der Waals surface area contributed by atoms with E-state index in [1.165, 1.54) is 12.7 Å². The second-order valence-electron chi connectivity index (χ2n) is 9.14. The molecule has 3 aromatic carbocycles. The Balaban J connectivity index is 1.57. The van der Waals surface area contributed by atoms with Crippen molar-refractivity contribution in [2.45, 2.75) is 38.3 Å². The zero-order valence-corrected chi connectivity index (χ0v) is 21.7. The molecule has 194 valence electrons. The van der Waals surface area contributed by atoms with Gasteiger partial charge in [0, 0.05) is 23.6 Å². The highest BCUT2D eigenvalue weighted by atomic mass is 16.5. The van der Waals surface area contributed by atoms with E-state index in [0.717, 1.165) is 18.4 Å². The van der Waals surface area contributed by atoms with Crippen LogP contribution in [0.1, 0.15) is 44.7 Å². The Bertz CT molecular complexity index is 1220. The maximum atomic E-state index is 13.8. The van der Waals surface area contributed by atoms with Crippen molar-refractivity contribution in [2.24, 2.45) is 0 Å². The van der Waals surface area contributed by atoms with Crippen LogP contribution >= 0.6 is 0 Å². The molecule has 1 aliphatic rings. The van der Waals surface area contributed by atoms with Gasteiger partial charge in [-0.1, -0.05) is 36.4 Å². The fraction of sp³-hybridized carbons (Fsp3) is 0.333. The lowest BCUT2D eigenvalue weighted by molar-refractivity contribution is 0.0599. The molecular formula is C30H33NO6. The first-order chi connectivity index (χ1) is 17.9. The number of methoxy groups -OCH3 is 3. The molecular weight excluding hydrogens is 470 g/mol. The van der Waals surface area contributed by atoms with E-state index in [-0.39, 0.29) is 18.1 Å². The summed E-state index contributed by atoms with van der Waals surface area (Å²) >= 11 is 0. The van der Waals surface area contributed by atoms with Gasteiger partial charge in [-0.05, 0) is 55.7 Å². The van der Waals surface area contributed by atoms with Gasteiger partial charge in [-0.2, -0.15) is 0 Å². The first-order valence-corrected chi connectivity index (χ1v) is 12.4. The van der Waals surface area contributed by atoms with E-state index in [4.69, 9.17) is 18.9 Å². The van der Waals surface area contributed by atoms with Crippen LogP contribution < -0.4 is 14.2 Å². The number of aryl methyl sites for hydroxylation is 1. The average Bonchev–Trinajstić information content (AvgIpc) is 3.34. The summed E-state index contributed by atoms with van der Waals surface area (Å²) in [6.45, 7) is 2.33. The highest BCUT2D eigenvalue weighted by Gasteiger charge is 2.37. The molecule has 0 bridgehead atoms. The molecule has 1 aliphatic heterocycles. The van der Waals surface area contributed by atoms with E-state index in [1.807, 2.05) is 36.1 Å². The fourth-order valence-corrected chi connectivity index (χ4v) is 4.84. The quantitative estimate of drug-likeness (QED) is 0.379. The number of hydrogen-bond acceptors (Lipinski definition) is 6. The molecule has 0 spiro atoms. The van der Waals surface area contributed by atoms with Gasteiger partial charge in [-0.3, -0.25) is 4.79 Å². The molecule has 2 atom stereocenters. The number of esters is 1. The number of rotatable bonds is 9. The van der Waals surface area contributed by atoms with Gasteiger partial charge in [-0.25, -0.2) is 4.79 Å². The molecule has 1 unspecified atom stereocenters. The number of ether oxygens (including phenoxy) is 4. The molecule has 7 nitrogen and oxygen atoms in total. The first-order valence-electron chi connectivity index (χ1n) is 12.4. The van der Waals surface area contributed by atoms with Crippen LogP contribution in [-0.4, -0.2) is 56.8 Å². The van der Waals surface area contributed by atoms with Gasteiger partial charge >= 0.3 is 5.97 Å².